The molecule has 0 saturated carbocycles. The van der Waals surface area contributed by atoms with E-state index < -0.39 is 6.04 Å². The minimum Gasteiger partial charge on any atom is -0.481 e. The quantitative estimate of drug-likeness (QED) is 0.764. The number of nitrogens with one attached hydrogen (secondary N) is 1. The van der Waals surface area contributed by atoms with Crippen LogP contribution in [0.25, 0.3) is 0 Å². The molecule has 1 heterocycles. The lowest BCUT2D eigenvalue weighted by Gasteiger charge is -2.12. The van der Waals surface area contributed by atoms with Gasteiger partial charge in [0.2, 0.25) is 11.8 Å². The van der Waals surface area contributed by atoms with Gasteiger partial charge in [0.25, 0.3) is 0 Å². The van der Waals surface area contributed by atoms with Gasteiger partial charge in [-0.25, -0.2) is 4.98 Å². The van der Waals surface area contributed by atoms with Crippen LogP contribution in [0, 0.1) is 0 Å². The van der Waals surface area contributed by atoms with E-state index in [-0.39, 0.29) is 5.91 Å². The van der Waals surface area contributed by atoms with Crippen molar-refractivity contribution in [1.29, 1.82) is 0 Å². The van der Waals surface area contributed by atoms with Crippen LogP contribution in [0.3, 0.4) is 0 Å². The Hall–Kier alpha value is -1.62. The molecule has 1 aromatic rings. The Kier molecular flexibility index (Phi) is 6.14. The molecule has 0 spiro atoms. The van der Waals surface area contributed by atoms with Gasteiger partial charge in [0.15, 0.2) is 0 Å². The predicted octanol–water partition coefficient (Wildman–Crippen LogP) is 1.22. The Balaban J connectivity index is 2.46. The number of pyridine rings is 1. The number of amides is 1. The minimum absolute atomic E-state index is 0.130. The lowest BCUT2D eigenvalue weighted by molar-refractivity contribution is -0.122. The predicted molar refractivity (Wildman–Crippen MR) is 70.1 cm³/mol. The van der Waals surface area contributed by atoms with Crippen LogP contribution >= 0.6 is 0 Å². The molecule has 100 valence electrons. The fraction of sp³-hybridized carbons (Fsp3) is 0.538. The van der Waals surface area contributed by atoms with Crippen LogP contribution in [-0.2, 0) is 11.3 Å². The van der Waals surface area contributed by atoms with Gasteiger partial charge in [-0.1, -0.05) is 25.8 Å². The number of aromatic nitrogens is 1. The number of carbonyl (C=O) groups is 1. The third kappa shape index (κ3) is 4.33. The summed E-state index contributed by atoms with van der Waals surface area (Å²) in [6, 6.07) is 3.23. The van der Waals surface area contributed by atoms with Crippen LogP contribution in [0.2, 0.25) is 0 Å². The van der Waals surface area contributed by atoms with E-state index in [0.717, 1.165) is 18.4 Å². The fourth-order valence-corrected chi connectivity index (χ4v) is 1.61. The number of methoxy groups -OCH3 is 1. The van der Waals surface area contributed by atoms with Crippen molar-refractivity contribution in [3.05, 3.63) is 23.9 Å². The summed E-state index contributed by atoms with van der Waals surface area (Å²) in [5, 5.41) is 2.80. The van der Waals surface area contributed by atoms with Crippen LogP contribution in [0.5, 0.6) is 5.88 Å². The fourth-order valence-electron chi connectivity index (χ4n) is 1.61. The first-order chi connectivity index (χ1) is 8.69. The number of ether oxygens (including phenoxy) is 1. The monoisotopic (exact) mass is 251 g/mol. The highest BCUT2D eigenvalue weighted by Crippen LogP contribution is 2.12. The van der Waals surface area contributed by atoms with Gasteiger partial charge in [-0.05, 0) is 12.5 Å². The molecule has 1 amide bonds. The molecule has 5 heteroatoms. The molecule has 1 rings (SSSR count). The van der Waals surface area contributed by atoms with Crippen molar-refractivity contribution in [3.8, 4) is 5.88 Å². The van der Waals surface area contributed by atoms with Gasteiger partial charge in [0, 0.05) is 18.3 Å². The van der Waals surface area contributed by atoms with Gasteiger partial charge in [0.1, 0.15) is 0 Å². The van der Waals surface area contributed by atoms with Crippen LogP contribution in [-0.4, -0.2) is 24.0 Å². The van der Waals surface area contributed by atoms with Gasteiger partial charge in [-0.3, -0.25) is 4.79 Å². The Bertz CT molecular complexity index is 382. The SMILES string of the molecule is CCCC[C@H](N)C(=O)NCc1cccnc1OC. The molecule has 1 atom stereocenters. The molecule has 0 aliphatic rings. The second kappa shape index (κ2) is 7.66. The maximum atomic E-state index is 11.7. The van der Waals surface area contributed by atoms with Crippen molar-refractivity contribution in [1.82, 2.24) is 10.3 Å². The second-order valence-electron chi connectivity index (χ2n) is 4.14. The summed E-state index contributed by atoms with van der Waals surface area (Å²) in [5.41, 5.74) is 6.62. The van der Waals surface area contributed by atoms with Crippen molar-refractivity contribution in [3.63, 3.8) is 0 Å². The molecule has 0 aliphatic carbocycles. The van der Waals surface area contributed by atoms with E-state index in [9.17, 15) is 4.79 Å². The summed E-state index contributed by atoms with van der Waals surface area (Å²) in [7, 11) is 1.56. The molecule has 0 aliphatic heterocycles. The number of hydrogen-bond donors (Lipinski definition) is 2. The molecule has 0 aromatic carbocycles. The number of hydrogen-bond acceptors (Lipinski definition) is 4. The summed E-state index contributed by atoms with van der Waals surface area (Å²) >= 11 is 0. The molecule has 0 unspecified atom stereocenters. The van der Waals surface area contributed by atoms with Crippen LogP contribution in [0.1, 0.15) is 31.7 Å². The highest BCUT2D eigenvalue weighted by Gasteiger charge is 2.13. The number of rotatable bonds is 7. The summed E-state index contributed by atoms with van der Waals surface area (Å²) in [4.78, 5) is 15.8. The van der Waals surface area contributed by atoms with Crippen LogP contribution < -0.4 is 15.8 Å². The number of nitrogens with two attached hydrogens (primary N) is 1. The van der Waals surface area contributed by atoms with E-state index in [4.69, 9.17) is 10.5 Å². The van der Waals surface area contributed by atoms with Crippen molar-refractivity contribution in [2.75, 3.05) is 7.11 Å². The lowest BCUT2D eigenvalue weighted by Crippen LogP contribution is -2.40. The first kappa shape index (κ1) is 14.4. The molecule has 3 N–H and O–H groups in total. The van der Waals surface area contributed by atoms with E-state index >= 15 is 0 Å². The number of unbranched alkanes of at least 4 members (excludes halogenated alkanes) is 1. The van der Waals surface area contributed by atoms with Gasteiger partial charge in [-0.15, -0.1) is 0 Å². The highest BCUT2D eigenvalue weighted by atomic mass is 16.5. The van der Waals surface area contributed by atoms with Gasteiger partial charge in [0.05, 0.1) is 13.2 Å². The summed E-state index contributed by atoms with van der Waals surface area (Å²) in [6.45, 7) is 2.46. The first-order valence-electron chi connectivity index (χ1n) is 6.20. The third-order valence-electron chi connectivity index (χ3n) is 2.70. The third-order valence-corrected chi connectivity index (χ3v) is 2.70. The zero-order valence-electron chi connectivity index (χ0n) is 11.0. The largest absolute Gasteiger partial charge is 0.481 e. The molecular formula is C13H21N3O2. The van der Waals surface area contributed by atoms with Gasteiger partial charge >= 0.3 is 0 Å². The zero-order valence-corrected chi connectivity index (χ0v) is 11.0. The van der Waals surface area contributed by atoms with Crippen molar-refractivity contribution in [2.24, 2.45) is 5.73 Å². The summed E-state index contributed by atoms with van der Waals surface area (Å²) in [5.74, 6) is 0.397. The molecule has 1 aromatic heterocycles. The molecule has 18 heavy (non-hydrogen) atoms. The van der Waals surface area contributed by atoms with Crippen molar-refractivity contribution < 1.29 is 9.53 Å². The maximum Gasteiger partial charge on any atom is 0.237 e. The molecule has 5 nitrogen and oxygen atoms in total. The molecular weight excluding hydrogens is 230 g/mol. The molecule has 0 radical (unpaired) electrons. The molecule has 0 saturated heterocycles. The van der Waals surface area contributed by atoms with Crippen LogP contribution in [0.4, 0.5) is 0 Å². The molecule has 0 fully saturated rings. The Labute approximate surface area is 108 Å². The smallest absolute Gasteiger partial charge is 0.237 e. The topological polar surface area (TPSA) is 77.2 Å². The van der Waals surface area contributed by atoms with Crippen molar-refractivity contribution in [2.45, 2.75) is 38.8 Å². The second-order valence-corrected chi connectivity index (χ2v) is 4.14. The summed E-state index contributed by atoms with van der Waals surface area (Å²) < 4.78 is 5.11. The average Bonchev–Trinajstić information content (AvgIpc) is 2.42. The zero-order chi connectivity index (χ0) is 13.4. The Morgan fingerprint density at radius 3 is 3.06 bits per heavy atom. The van der Waals surface area contributed by atoms with E-state index in [2.05, 4.69) is 17.2 Å². The van der Waals surface area contributed by atoms with E-state index in [0.29, 0.717) is 18.8 Å². The van der Waals surface area contributed by atoms with Gasteiger partial charge < -0.3 is 15.8 Å². The minimum atomic E-state index is -0.437. The molecule has 0 bridgehead atoms. The van der Waals surface area contributed by atoms with E-state index in [1.165, 1.54) is 0 Å². The van der Waals surface area contributed by atoms with Crippen molar-refractivity contribution >= 4 is 5.91 Å². The van der Waals surface area contributed by atoms with E-state index in [1.54, 1.807) is 19.4 Å². The normalized spacial score (nSPS) is 11.9. The number of nitrogens with zero attached hydrogens (tertiary/aromatic N) is 1. The van der Waals surface area contributed by atoms with Gasteiger partial charge in [-0.2, -0.15) is 0 Å². The van der Waals surface area contributed by atoms with Crippen LogP contribution in [0.15, 0.2) is 18.3 Å². The Morgan fingerprint density at radius 1 is 1.61 bits per heavy atom. The van der Waals surface area contributed by atoms with E-state index in [1.807, 2.05) is 6.07 Å². The maximum absolute atomic E-state index is 11.7. The number of carbonyl (C=O) groups excluding carboxylic acids is 1. The first-order valence-corrected chi connectivity index (χ1v) is 6.20. The average molecular weight is 251 g/mol. The Morgan fingerprint density at radius 2 is 2.39 bits per heavy atom. The lowest BCUT2D eigenvalue weighted by atomic mass is 10.1. The standard InChI is InChI=1S/C13H21N3O2/c1-3-4-7-11(14)12(17)16-9-10-6-5-8-15-13(10)18-2/h5-6,8,11H,3-4,7,9,14H2,1-2H3,(H,16,17)/t11-/m0/s1. The highest BCUT2D eigenvalue weighted by molar-refractivity contribution is 5.81. The summed E-state index contributed by atoms with van der Waals surface area (Å²) in [6.07, 6.45) is 4.37.